The van der Waals surface area contributed by atoms with Gasteiger partial charge in [-0.05, 0) is 50.6 Å². The van der Waals surface area contributed by atoms with Gasteiger partial charge in [-0.2, -0.15) is 0 Å². The number of likely N-dealkylation sites (tertiary alicyclic amines) is 1. The van der Waals surface area contributed by atoms with Crippen molar-refractivity contribution >= 4 is 22.5 Å². The number of anilines is 1. The lowest BCUT2D eigenvalue weighted by atomic mass is 9.97. The van der Waals surface area contributed by atoms with E-state index in [1.807, 2.05) is 42.7 Å². The second kappa shape index (κ2) is 9.01. The molecule has 2 aromatic heterocycles. The number of piperidine rings is 1. The summed E-state index contributed by atoms with van der Waals surface area (Å²) in [7, 11) is 0. The smallest absolute Gasteiger partial charge is 0.228 e. The number of aryl methyl sites for hydroxylation is 1. The number of amides is 1. The third-order valence-corrected chi connectivity index (χ3v) is 6.35. The van der Waals surface area contributed by atoms with Gasteiger partial charge < -0.3 is 14.9 Å². The van der Waals surface area contributed by atoms with Crippen molar-refractivity contribution in [3.05, 3.63) is 72.8 Å². The highest BCUT2D eigenvalue weighted by Crippen LogP contribution is 2.27. The number of hydrogen-bond acceptors (Lipinski definition) is 3. The van der Waals surface area contributed by atoms with Crippen LogP contribution in [-0.2, 0) is 17.9 Å². The van der Waals surface area contributed by atoms with Crippen LogP contribution in [-0.4, -0.2) is 38.4 Å². The van der Waals surface area contributed by atoms with Gasteiger partial charge in [-0.15, -0.1) is 0 Å². The number of nitrogens with one attached hydrogen (secondary N) is 2. The number of carbonyl (C=O) groups excluding carboxylic acids is 1. The second-order valence-corrected chi connectivity index (χ2v) is 8.54. The van der Waals surface area contributed by atoms with Gasteiger partial charge in [0.25, 0.3) is 0 Å². The first-order valence-electron chi connectivity index (χ1n) is 11.4. The van der Waals surface area contributed by atoms with Crippen molar-refractivity contribution in [2.75, 3.05) is 18.4 Å². The highest BCUT2D eigenvalue weighted by Gasteiger charge is 2.26. The van der Waals surface area contributed by atoms with Gasteiger partial charge in [-0.25, -0.2) is 4.98 Å². The summed E-state index contributed by atoms with van der Waals surface area (Å²) in [5, 5.41) is 4.34. The molecule has 2 aromatic carbocycles. The van der Waals surface area contributed by atoms with Crippen molar-refractivity contribution in [3.8, 4) is 11.3 Å². The number of benzene rings is 2. The Morgan fingerprint density at radius 3 is 2.97 bits per heavy atom. The summed E-state index contributed by atoms with van der Waals surface area (Å²) in [5.74, 6) is 1.16. The maximum atomic E-state index is 13.1. The summed E-state index contributed by atoms with van der Waals surface area (Å²) in [6.45, 7) is 5.61. The molecule has 6 nitrogen and oxygen atoms in total. The minimum Gasteiger partial charge on any atom is -0.355 e. The molecular formula is C26H29N5O. The van der Waals surface area contributed by atoms with E-state index >= 15 is 0 Å². The molecular weight excluding hydrogens is 398 g/mol. The number of aromatic amines is 1. The van der Waals surface area contributed by atoms with E-state index in [2.05, 4.69) is 55.9 Å². The van der Waals surface area contributed by atoms with Crippen LogP contribution in [0.25, 0.3) is 22.2 Å². The molecule has 1 unspecified atom stereocenters. The number of hydrogen-bond donors (Lipinski definition) is 2. The van der Waals surface area contributed by atoms with Crippen LogP contribution in [0.2, 0.25) is 0 Å². The second-order valence-electron chi connectivity index (χ2n) is 8.54. The summed E-state index contributed by atoms with van der Waals surface area (Å²) in [6, 6.07) is 18.5. The normalized spacial score (nSPS) is 17.0. The molecule has 0 aliphatic carbocycles. The monoisotopic (exact) mass is 427 g/mol. The zero-order valence-electron chi connectivity index (χ0n) is 18.4. The average molecular weight is 428 g/mol. The lowest BCUT2D eigenvalue weighted by molar-refractivity contribution is -0.121. The van der Waals surface area contributed by atoms with Crippen LogP contribution in [0.15, 0.2) is 67.0 Å². The van der Waals surface area contributed by atoms with Gasteiger partial charge in [0, 0.05) is 53.3 Å². The fourth-order valence-electron chi connectivity index (χ4n) is 4.63. The fraction of sp³-hybridized carbons (Fsp3) is 0.308. The van der Waals surface area contributed by atoms with E-state index in [0.29, 0.717) is 0 Å². The predicted octanol–water partition coefficient (Wildman–Crippen LogP) is 4.90. The number of para-hydroxylation sites is 1. The van der Waals surface area contributed by atoms with Crippen molar-refractivity contribution in [1.29, 1.82) is 0 Å². The predicted molar refractivity (Wildman–Crippen MR) is 128 cm³/mol. The summed E-state index contributed by atoms with van der Waals surface area (Å²) in [4.78, 5) is 23.4. The van der Waals surface area contributed by atoms with Gasteiger partial charge in [0.1, 0.15) is 5.82 Å². The van der Waals surface area contributed by atoms with E-state index in [-0.39, 0.29) is 11.8 Å². The summed E-state index contributed by atoms with van der Waals surface area (Å²) < 4.78 is 2.17. The largest absolute Gasteiger partial charge is 0.355 e. The molecule has 4 aromatic rings. The van der Waals surface area contributed by atoms with Crippen molar-refractivity contribution in [2.45, 2.75) is 32.9 Å². The molecule has 0 saturated carbocycles. The van der Waals surface area contributed by atoms with Crippen LogP contribution in [0.1, 0.15) is 25.6 Å². The van der Waals surface area contributed by atoms with E-state index in [0.717, 1.165) is 67.3 Å². The Bertz CT molecular complexity index is 1190. The Morgan fingerprint density at radius 2 is 2.09 bits per heavy atom. The quantitative estimate of drug-likeness (QED) is 0.460. The standard InChI is InChI=1S/C26H29N5O/c1-2-31-14-12-27-25(31)18-30-13-6-9-21(17-30)26(32)28-22-10-5-8-19(15-22)24-16-20-7-3-4-11-23(20)29-24/h3-5,7-8,10-12,14-16,21,29H,2,6,9,13,17-18H2,1H3,(H,28,32). The molecule has 1 fully saturated rings. The molecule has 5 rings (SSSR count). The highest BCUT2D eigenvalue weighted by atomic mass is 16.1. The molecule has 0 radical (unpaired) electrons. The van der Waals surface area contributed by atoms with Gasteiger partial charge in [0.15, 0.2) is 0 Å². The molecule has 1 saturated heterocycles. The number of H-pyrrole nitrogens is 1. The van der Waals surface area contributed by atoms with E-state index in [1.165, 1.54) is 5.39 Å². The minimum atomic E-state index is -0.00878. The maximum absolute atomic E-state index is 13.1. The van der Waals surface area contributed by atoms with Crippen LogP contribution >= 0.6 is 0 Å². The lowest BCUT2D eigenvalue weighted by Crippen LogP contribution is -2.40. The molecule has 6 heteroatoms. The lowest BCUT2D eigenvalue weighted by Gasteiger charge is -2.31. The third kappa shape index (κ3) is 4.32. The molecule has 164 valence electrons. The molecule has 0 spiro atoms. The van der Waals surface area contributed by atoms with Gasteiger partial charge in [-0.3, -0.25) is 9.69 Å². The molecule has 32 heavy (non-hydrogen) atoms. The van der Waals surface area contributed by atoms with E-state index in [9.17, 15) is 4.79 Å². The number of fused-ring (bicyclic) bond motifs is 1. The summed E-state index contributed by atoms with van der Waals surface area (Å²) in [6.07, 6.45) is 5.82. The van der Waals surface area contributed by atoms with Gasteiger partial charge in [-0.1, -0.05) is 30.3 Å². The zero-order chi connectivity index (χ0) is 21.9. The maximum Gasteiger partial charge on any atom is 0.228 e. The minimum absolute atomic E-state index is 0.00878. The SMILES string of the molecule is CCn1ccnc1CN1CCCC(C(=O)Nc2cccc(-c3cc4ccccc4[nH]3)c2)C1. The molecule has 1 amide bonds. The number of rotatable bonds is 6. The first-order valence-corrected chi connectivity index (χ1v) is 11.4. The van der Waals surface area contributed by atoms with E-state index < -0.39 is 0 Å². The van der Waals surface area contributed by atoms with Crippen LogP contribution < -0.4 is 5.32 Å². The summed E-state index contributed by atoms with van der Waals surface area (Å²) in [5.41, 5.74) is 4.07. The Hall–Kier alpha value is -3.38. The van der Waals surface area contributed by atoms with Crippen molar-refractivity contribution in [1.82, 2.24) is 19.4 Å². The molecule has 1 atom stereocenters. The first kappa shape index (κ1) is 20.5. The van der Waals surface area contributed by atoms with Crippen LogP contribution in [0.3, 0.4) is 0 Å². The number of carbonyl (C=O) groups is 1. The molecule has 0 bridgehead atoms. The molecule has 2 N–H and O–H groups in total. The third-order valence-electron chi connectivity index (χ3n) is 6.35. The van der Waals surface area contributed by atoms with Crippen molar-refractivity contribution in [3.63, 3.8) is 0 Å². The average Bonchev–Trinajstić information content (AvgIpc) is 3.46. The zero-order valence-corrected chi connectivity index (χ0v) is 18.4. The van der Waals surface area contributed by atoms with Crippen LogP contribution in [0, 0.1) is 5.92 Å². The first-order chi connectivity index (χ1) is 15.7. The molecule has 3 heterocycles. The fourth-order valence-corrected chi connectivity index (χ4v) is 4.63. The number of aromatic nitrogens is 3. The topological polar surface area (TPSA) is 66.0 Å². The highest BCUT2D eigenvalue weighted by molar-refractivity contribution is 5.94. The van der Waals surface area contributed by atoms with Crippen molar-refractivity contribution in [2.24, 2.45) is 5.92 Å². The number of imidazole rings is 1. The Kier molecular flexibility index (Phi) is 5.77. The van der Waals surface area contributed by atoms with Crippen molar-refractivity contribution < 1.29 is 4.79 Å². The summed E-state index contributed by atoms with van der Waals surface area (Å²) >= 11 is 0. The number of nitrogens with zero attached hydrogens (tertiary/aromatic N) is 3. The van der Waals surface area contributed by atoms with Gasteiger partial charge >= 0.3 is 0 Å². The van der Waals surface area contributed by atoms with Gasteiger partial charge in [0.2, 0.25) is 5.91 Å². The van der Waals surface area contributed by atoms with Crippen LogP contribution in [0.5, 0.6) is 0 Å². The molecule has 1 aliphatic heterocycles. The van der Waals surface area contributed by atoms with Gasteiger partial charge in [0.05, 0.1) is 12.5 Å². The Balaban J connectivity index is 1.26. The Morgan fingerprint density at radius 1 is 1.19 bits per heavy atom. The van der Waals surface area contributed by atoms with E-state index in [1.54, 1.807) is 0 Å². The van der Waals surface area contributed by atoms with Crippen LogP contribution in [0.4, 0.5) is 5.69 Å². The molecule has 1 aliphatic rings. The van der Waals surface area contributed by atoms with E-state index in [4.69, 9.17) is 0 Å². The Labute approximate surface area is 188 Å².